The van der Waals surface area contributed by atoms with Crippen molar-refractivity contribution in [2.45, 2.75) is 19.4 Å². The summed E-state index contributed by atoms with van der Waals surface area (Å²) in [7, 11) is 1.89. The Balaban J connectivity index is 2.40. The maximum atomic E-state index is 11.8. The molecule has 0 aliphatic heterocycles. The van der Waals surface area contributed by atoms with E-state index in [1.165, 1.54) is 0 Å². The van der Waals surface area contributed by atoms with E-state index in [-0.39, 0.29) is 11.9 Å². The molecule has 88 valence electrons. The summed E-state index contributed by atoms with van der Waals surface area (Å²) in [6, 6.07) is 9.27. The summed E-state index contributed by atoms with van der Waals surface area (Å²) in [6.07, 6.45) is 0.382. The van der Waals surface area contributed by atoms with Crippen LogP contribution in [-0.4, -0.2) is 42.0 Å². The van der Waals surface area contributed by atoms with E-state index in [4.69, 9.17) is 5.11 Å². The van der Waals surface area contributed by atoms with Crippen LogP contribution < -0.4 is 0 Å². The molecule has 0 bridgehead atoms. The van der Waals surface area contributed by atoms with Gasteiger partial charge in [0.1, 0.15) is 0 Å². The van der Waals surface area contributed by atoms with Crippen LogP contribution in [0.5, 0.6) is 0 Å². The maximum absolute atomic E-state index is 11.8. The highest BCUT2D eigenvalue weighted by atomic mass is 16.3. The molecule has 3 heteroatoms. The lowest BCUT2D eigenvalue weighted by Crippen LogP contribution is -2.28. The lowest BCUT2D eigenvalue weighted by molar-refractivity contribution is 0.0931. The van der Waals surface area contributed by atoms with Gasteiger partial charge in [0, 0.05) is 12.1 Å². The third-order valence-electron chi connectivity index (χ3n) is 2.44. The molecule has 16 heavy (non-hydrogen) atoms. The average molecular weight is 221 g/mol. The number of nitrogens with zero attached hydrogens (tertiary/aromatic N) is 1. The lowest BCUT2D eigenvalue weighted by Gasteiger charge is -2.16. The number of benzene rings is 1. The summed E-state index contributed by atoms with van der Waals surface area (Å²) >= 11 is 0. The number of rotatable bonds is 6. The highest BCUT2D eigenvalue weighted by Crippen LogP contribution is 2.02. The van der Waals surface area contributed by atoms with Crippen LogP contribution in [0.2, 0.25) is 0 Å². The minimum Gasteiger partial charge on any atom is -0.393 e. The molecule has 0 aliphatic rings. The molecule has 1 rings (SSSR count). The minimum absolute atomic E-state index is 0.119. The van der Waals surface area contributed by atoms with Crippen molar-refractivity contribution in [2.75, 3.05) is 20.1 Å². The van der Waals surface area contributed by atoms with Gasteiger partial charge in [-0.05, 0) is 20.4 Å². The first kappa shape index (κ1) is 12.9. The van der Waals surface area contributed by atoms with Gasteiger partial charge in [-0.25, -0.2) is 0 Å². The van der Waals surface area contributed by atoms with Crippen molar-refractivity contribution >= 4 is 5.78 Å². The summed E-state index contributed by atoms with van der Waals surface area (Å²) in [5.41, 5.74) is 0.742. The van der Waals surface area contributed by atoms with Crippen molar-refractivity contribution in [3.8, 4) is 0 Å². The molecule has 1 aromatic carbocycles. The monoisotopic (exact) mass is 221 g/mol. The van der Waals surface area contributed by atoms with Crippen LogP contribution in [-0.2, 0) is 0 Å². The second-order valence-corrected chi connectivity index (χ2v) is 4.16. The van der Waals surface area contributed by atoms with E-state index in [9.17, 15) is 4.79 Å². The fraction of sp³-hybridized carbons (Fsp3) is 0.462. The second kappa shape index (κ2) is 6.40. The quantitative estimate of drug-likeness (QED) is 0.741. The summed E-state index contributed by atoms with van der Waals surface area (Å²) in [5, 5.41) is 9.14. The van der Waals surface area contributed by atoms with Gasteiger partial charge in [0.05, 0.1) is 12.6 Å². The molecule has 1 unspecified atom stereocenters. The van der Waals surface area contributed by atoms with Crippen molar-refractivity contribution in [3.05, 3.63) is 35.9 Å². The standard InChI is InChI=1S/C13H19NO2/c1-11(15)8-9-14(2)10-13(16)12-6-4-3-5-7-12/h3-7,11,15H,8-10H2,1-2H3. The Bertz CT molecular complexity index is 322. The van der Waals surface area contributed by atoms with Crippen LogP contribution in [0.4, 0.5) is 0 Å². The molecule has 0 spiro atoms. The van der Waals surface area contributed by atoms with Gasteiger partial charge in [-0.3, -0.25) is 9.69 Å². The van der Waals surface area contributed by atoms with Crippen LogP contribution in [0.15, 0.2) is 30.3 Å². The van der Waals surface area contributed by atoms with Crippen molar-refractivity contribution in [1.82, 2.24) is 4.90 Å². The third kappa shape index (κ3) is 4.55. The van der Waals surface area contributed by atoms with Gasteiger partial charge in [0.15, 0.2) is 5.78 Å². The van der Waals surface area contributed by atoms with E-state index in [2.05, 4.69) is 0 Å². The van der Waals surface area contributed by atoms with E-state index in [0.29, 0.717) is 13.0 Å². The summed E-state index contributed by atoms with van der Waals surface area (Å²) in [6.45, 7) is 2.89. The molecule has 3 nitrogen and oxygen atoms in total. The van der Waals surface area contributed by atoms with E-state index < -0.39 is 0 Å². The SMILES string of the molecule is CC(O)CCN(C)CC(=O)c1ccccc1. The highest BCUT2D eigenvalue weighted by Gasteiger charge is 2.09. The van der Waals surface area contributed by atoms with Crippen LogP contribution in [0.1, 0.15) is 23.7 Å². The Kier molecular flexibility index (Phi) is 5.15. The Morgan fingerprint density at radius 1 is 1.38 bits per heavy atom. The number of aliphatic hydroxyl groups excluding tert-OH is 1. The number of likely N-dealkylation sites (N-methyl/N-ethyl adjacent to an activating group) is 1. The van der Waals surface area contributed by atoms with E-state index in [0.717, 1.165) is 12.1 Å². The van der Waals surface area contributed by atoms with Gasteiger partial charge >= 0.3 is 0 Å². The van der Waals surface area contributed by atoms with Crippen LogP contribution in [0.3, 0.4) is 0 Å². The predicted molar refractivity (Wildman–Crippen MR) is 64.6 cm³/mol. The number of carbonyl (C=O) groups is 1. The fourth-order valence-electron chi connectivity index (χ4n) is 1.45. The second-order valence-electron chi connectivity index (χ2n) is 4.16. The van der Waals surface area contributed by atoms with Gasteiger partial charge in [-0.15, -0.1) is 0 Å². The molecule has 1 atom stereocenters. The molecule has 0 radical (unpaired) electrons. The molecule has 0 aromatic heterocycles. The van der Waals surface area contributed by atoms with Crippen LogP contribution in [0.25, 0.3) is 0 Å². The van der Waals surface area contributed by atoms with E-state index in [1.807, 2.05) is 42.3 Å². The first-order valence-electron chi connectivity index (χ1n) is 5.54. The van der Waals surface area contributed by atoms with Crippen molar-refractivity contribution in [2.24, 2.45) is 0 Å². The Morgan fingerprint density at radius 2 is 2.00 bits per heavy atom. The van der Waals surface area contributed by atoms with Crippen molar-refractivity contribution in [1.29, 1.82) is 0 Å². The van der Waals surface area contributed by atoms with Gasteiger partial charge < -0.3 is 5.11 Å². The number of aliphatic hydroxyl groups is 1. The smallest absolute Gasteiger partial charge is 0.176 e. The number of hydrogen-bond donors (Lipinski definition) is 1. The number of Topliss-reactive ketones (excluding diaryl/α,β-unsaturated/α-hetero) is 1. The summed E-state index contributed by atoms with van der Waals surface area (Å²) in [5.74, 6) is 0.119. The molecule has 0 saturated carbocycles. The Labute approximate surface area is 96.7 Å². The van der Waals surface area contributed by atoms with E-state index in [1.54, 1.807) is 6.92 Å². The van der Waals surface area contributed by atoms with Crippen LogP contribution >= 0.6 is 0 Å². The maximum Gasteiger partial charge on any atom is 0.176 e. The van der Waals surface area contributed by atoms with Gasteiger partial charge in [-0.1, -0.05) is 30.3 Å². The Hall–Kier alpha value is -1.19. The van der Waals surface area contributed by atoms with E-state index >= 15 is 0 Å². The summed E-state index contributed by atoms with van der Waals surface area (Å²) < 4.78 is 0. The number of ketones is 1. The zero-order valence-corrected chi connectivity index (χ0v) is 9.89. The molecular formula is C13H19NO2. The molecule has 1 aromatic rings. The lowest BCUT2D eigenvalue weighted by atomic mass is 10.1. The zero-order valence-electron chi connectivity index (χ0n) is 9.89. The van der Waals surface area contributed by atoms with Crippen molar-refractivity contribution in [3.63, 3.8) is 0 Å². The largest absolute Gasteiger partial charge is 0.393 e. The van der Waals surface area contributed by atoms with Gasteiger partial charge in [0.25, 0.3) is 0 Å². The normalized spacial score (nSPS) is 12.8. The summed E-state index contributed by atoms with van der Waals surface area (Å²) in [4.78, 5) is 13.7. The third-order valence-corrected chi connectivity index (χ3v) is 2.44. The molecule has 0 amide bonds. The average Bonchev–Trinajstić information content (AvgIpc) is 2.27. The first-order valence-corrected chi connectivity index (χ1v) is 5.54. The molecule has 0 heterocycles. The molecule has 0 fully saturated rings. The molecule has 1 N–H and O–H groups in total. The Morgan fingerprint density at radius 3 is 2.56 bits per heavy atom. The molecule has 0 aliphatic carbocycles. The predicted octanol–water partition coefficient (Wildman–Crippen LogP) is 1.57. The highest BCUT2D eigenvalue weighted by molar-refractivity contribution is 5.97. The molecular weight excluding hydrogens is 202 g/mol. The van der Waals surface area contributed by atoms with Gasteiger partial charge in [0.2, 0.25) is 0 Å². The minimum atomic E-state index is -0.311. The first-order chi connectivity index (χ1) is 7.59. The zero-order chi connectivity index (χ0) is 12.0. The fourth-order valence-corrected chi connectivity index (χ4v) is 1.45. The van der Waals surface area contributed by atoms with Crippen LogP contribution in [0, 0.1) is 0 Å². The topological polar surface area (TPSA) is 40.5 Å². The molecule has 0 saturated heterocycles. The van der Waals surface area contributed by atoms with Crippen molar-refractivity contribution < 1.29 is 9.90 Å². The number of carbonyl (C=O) groups excluding carboxylic acids is 1. The number of hydrogen-bond acceptors (Lipinski definition) is 3. The van der Waals surface area contributed by atoms with Gasteiger partial charge in [-0.2, -0.15) is 0 Å².